The minimum atomic E-state index is -2.46. The molecule has 16 heavy (non-hydrogen) atoms. The summed E-state index contributed by atoms with van der Waals surface area (Å²) in [5.41, 5.74) is 0.606. The topological polar surface area (TPSA) is 20.2 Å². The van der Waals surface area contributed by atoms with E-state index < -0.39 is 12.5 Å². The van der Waals surface area contributed by atoms with Gasteiger partial charge in [-0.05, 0) is 17.0 Å². The third kappa shape index (κ3) is 2.28. The van der Waals surface area contributed by atoms with Gasteiger partial charge in [0.15, 0.2) is 0 Å². The average molecular weight is 240 g/mol. The Morgan fingerprint density at radius 3 is 2.12 bits per heavy atom. The Balaban J connectivity index is 2.22. The van der Waals surface area contributed by atoms with E-state index in [1.807, 2.05) is 17.5 Å². The molecule has 1 N–H and O–H groups in total. The zero-order valence-electron chi connectivity index (χ0n) is 8.31. The van der Waals surface area contributed by atoms with Gasteiger partial charge >= 0.3 is 0 Å². The lowest BCUT2D eigenvalue weighted by Crippen LogP contribution is -1.97. The van der Waals surface area contributed by atoms with Crippen molar-refractivity contribution in [2.75, 3.05) is 0 Å². The van der Waals surface area contributed by atoms with Crippen molar-refractivity contribution in [1.29, 1.82) is 0 Å². The second-order valence-electron chi connectivity index (χ2n) is 3.39. The fraction of sp³-hybridized carbons (Fsp3) is 0.167. The summed E-state index contributed by atoms with van der Waals surface area (Å²) in [4.78, 5) is 0.810. The Hall–Kier alpha value is -1.26. The lowest BCUT2D eigenvalue weighted by Gasteiger charge is -2.09. The third-order valence-electron chi connectivity index (χ3n) is 2.32. The predicted octanol–water partition coefficient (Wildman–Crippen LogP) is 3.77. The molecule has 4 heteroatoms. The summed E-state index contributed by atoms with van der Waals surface area (Å²) in [6, 6.07) is 9.42. The number of aliphatic hydroxyl groups is 1. The summed E-state index contributed by atoms with van der Waals surface area (Å²) in [5.74, 6) is 0. The van der Waals surface area contributed by atoms with Gasteiger partial charge in [-0.2, -0.15) is 0 Å². The summed E-state index contributed by atoms with van der Waals surface area (Å²) in [6.07, 6.45) is -3.19. The van der Waals surface area contributed by atoms with Crippen molar-refractivity contribution < 1.29 is 13.9 Å². The molecule has 0 aliphatic rings. The number of hydrogen-bond acceptors (Lipinski definition) is 2. The molecule has 2 rings (SSSR count). The van der Waals surface area contributed by atoms with E-state index in [9.17, 15) is 13.9 Å². The second kappa shape index (κ2) is 4.72. The molecule has 0 bridgehead atoms. The van der Waals surface area contributed by atoms with Crippen LogP contribution >= 0.6 is 11.3 Å². The highest BCUT2D eigenvalue weighted by Crippen LogP contribution is 2.27. The third-order valence-corrected chi connectivity index (χ3v) is 3.24. The number of halogens is 2. The lowest BCUT2D eigenvalue weighted by atomic mass is 10.1. The molecule has 1 aromatic heterocycles. The monoisotopic (exact) mass is 240 g/mol. The van der Waals surface area contributed by atoms with Gasteiger partial charge in [0.25, 0.3) is 6.43 Å². The first kappa shape index (κ1) is 11.2. The van der Waals surface area contributed by atoms with Gasteiger partial charge in [0.05, 0.1) is 0 Å². The fourth-order valence-corrected chi connectivity index (χ4v) is 2.17. The summed E-state index contributed by atoms with van der Waals surface area (Å²) in [5, 5.41) is 11.8. The maximum absolute atomic E-state index is 12.3. The van der Waals surface area contributed by atoms with Gasteiger partial charge in [0.2, 0.25) is 0 Å². The molecular weight excluding hydrogens is 230 g/mol. The standard InChI is InChI=1S/C12H10F2OS/c13-12(14)9-5-3-8(4-6-9)11(15)10-2-1-7-16-10/h1-7,11-12,15H. The molecular formula is C12H10F2OS. The highest BCUT2D eigenvalue weighted by molar-refractivity contribution is 7.10. The highest BCUT2D eigenvalue weighted by atomic mass is 32.1. The fourth-order valence-electron chi connectivity index (χ4n) is 1.43. The molecule has 1 unspecified atom stereocenters. The maximum Gasteiger partial charge on any atom is 0.263 e. The normalized spacial score (nSPS) is 13.0. The van der Waals surface area contributed by atoms with E-state index in [0.29, 0.717) is 5.56 Å². The first-order valence-corrected chi connectivity index (χ1v) is 5.66. The van der Waals surface area contributed by atoms with Gasteiger partial charge < -0.3 is 5.11 Å². The number of thiophene rings is 1. The van der Waals surface area contributed by atoms with Crippen LogP contribution < -0.4 is 0 Å². The second-order valence-corrected chi connectivity index (χ2v) is 4.36. The smallest absolute Gasteiger partial charge is 0.263 e. The van der Waals surface area contributed by atoms with E-state index >= 15 is 0 Å². The van der Waals surface area contributed by atoms with E-state index in [0.717, 1.165) is 4.88 Å². The van der Waals surface area contributed by atoms with Gasteiger partial charge in [-0.1, -0.05) is 30.3 Å². The number of aliphatic hydroxyl groups excluding tert-OH is 1. The van der Waals surface area contributed by atoms with Crippen LogP contribution in [0.25, 0.3) is 0 Å². The summed E-state index contributed by atoms with van der Waals surface area (Å²) in [7, 11) is 0. The van der Waals surface area contributed by atoms with Crippen molar-refractivity contribution >= 4 is 11.3 Å². The Kier molecular flexibility index (Phi) is 3.31. The summed E-state index contributed by atoms with van der Waals surface area (Å²) < 4.78 is 24.6. The zero-order chi connectivity index (χ0) is 11.5. The van der Waals surface area contributed by atoms with Crippen molar-refractivity contribution in [3.05, 3.63) is 57.8 Å². The molecule has 1 atom stereocenters. The first-order chi connectivity index (χ1) is 7.68. The molecule has 0 spiro atoms. The number of rotatable bonds is 3. The SMILES string of the molecule is OC(c1ccc(C(F)F)cc1)c1cccs1. The largest absolute Gasteiger partial charge is 0.383 e. The van der Waals surface area contributed by atoms with Crippen LogP contribution in [0.2, 0.25) is 0 Å². The Morgan fingerprint density at radius 2 is 1.62 bits per heavy atom. The van der Waals surface area contributed by atoms with Crippen LogP contribution in [-0.4, -0.2) is 5.11 Å². The number of benzene rings is 1. The highest BCUT2D eigenvalue weighted by Gasteiger charge is 2.12. The molecule has 84 valence electrons. The molecule has 0 amide bonds. The quantitative estimate of drug-likeness (QED) is 0.865. The van der Waals surface area contributed by atoms with Crippen molar-refractivity contribution in [2.45, 2.75) is 12.5 Å². The van der Waals surface area contributed by atoms with Gasteiger partial charge in [-0.3, -0.25) is 0 Å². The predicted molar refractivity (Wildman–Crippen MR) is 59.8 cm³/mol. The average Bonchev–Trinajstić information content (AvgIpc) is 2.81. The van der Waals surface area contributed by atoms with Crippen molar-refractivity contribution in [3.8, 4) is 0 Å². The minimum Gasteiger partial charge on any atom is -0.383 e. The van der Waals surface area contributed by atoms with E-state index in [1.54, 1.807) is 0 Å². The number of hydrogen-bond donors (Lipinski definition) is 1. The van der Waals surface area contributed by atoms with Crippen LogP contribution in [0, 0.1) is 0 Å². The summed E-state index contributed by atoms with van der Waals surface area (Å²) in [6.45, 7) is 0. The molecule has 0 radical (unpaired) electrons. The van der Waals surface area contributed by atoms with Crippen LogP contribution in [0.1, 0.15) is 28.5 Å². The molecule has 0 aliphatic carbocycles. The Labute approximate surface area is 96.0 Å². The first-order valence-electron chi connectivity index (χ1n) is 4.78. The van der Waals surface area contributed by atoms with Crippen LogP contribution in [0.4, 0.5) is 8.78 Å². The molecule has 1 nitrogen and oxygen atoms in total. The summed E-state index contributed by atoms with van der Waals surface area (Å²) >= 11 is 1.44. The maximum atomic E-state index is 12.3. The minimum absolute atomic E-state index is 0.0258. The van der Waals surface area contributed by atoms with Gasteiger partial charge in [0, 0.05) is 10.4 Å². The lowest BCUT2D eigenvalue weighted by molar-refractivity contribution is 0.151. The molecule has 2 aromatic rings. The van der Waals surface area contributed by atoms with Crippen LogP contribution in [0.3, 0.4) is 0 Å². The van der Waals surface area contributed by atoms with Crippen molar-refractivity contribution in [2.24, 2.45) is 0 Å². The van der Waals surface area contributed by atoms with Crippen LogP contribution in [0.5, 0.6) is 0 Å². The van der Waals surface area contributed by atoms with Gasteiger partial charge in [-0.25, -0.2) is 8.78 Å². The Bertz CT molecular complexity index is 437. The van der Waals surface area contributed by atoms with Crippen LogP contribution in [0.15, 0.2) is 41.8 Å². The van der Waals surface area contributed by atoms with E-state index in [2.05, 4.69) is 0 Å². The molecule has 1 heterocycles. The zero-order valence-corrected chi connectivity index (χ0v) is 9.12. The molecule has 0 aliphatic heterocycles. The van der Waals surface area contributed by atoms with Crippen molar-refractivity contribution in [3.63, 3.8) is 0 Å². The van der Waals surface area contributed by atoms with E-state index in [-0.39, 0.29) is 5.56 Å². The van der Waals surface area contributed by atoms with E-state index in [1.165, 1.54) is 35.6 Å². The molecule has 1 aromatic carbocycles. The molecule has 0 fully saturated rings. The van der Waals surface area contributed by atoms with Gasteiger partial charge in [0.1, 0.15) is 6.10 Å². The number of alkyl halides is 2. The molecule has 0 saturated carbocycles. The van der Waals surface area contributed by atoms with E-state index in [4.69, 9.17) is 0 Å². The molecule has 0 saturated heterocycles. The van der Waals surface area contributed by atoms with Crippen LogP contribution in [-0.2, 0) is 0 Å². The van der Waals surface area contributed by atoms with Crippen molar-refractivity contribution in [1.82, 2.24) is 0 Å². The Morgan fingerprint density at radius 1 is 1.00 bits per heavy atom. The van der Waals surface area contributed by atoms with Gasteiger partial charge in [-0.15, -0.1) is 11.3 Å².